The minimum Gasteiger partial charge on any atom is -0.389 e. The van der Waals surface area contributed by atoms with E-state index in [-0.39, 0.29) is 0 Å². The SMILES string of the molecule is NCC(O)C(O)c1c(C(F)(F)F)cccc1C(F)(F)F. The second-order valence-electron chi connectivity index (χ2n) is 4.01. The molecule has 0 aliphatic carbocycles. The number of halogens is 6. The van der Waals surface area contributed by atoms with Crippen LogP contribution in [0.3, 0.4) is 0 Å². The smallest absolute Gasteiger partial charge is 0.389 e. The van der Waals surface area contributed by atoms with Crippen LogP contribution in [-0.2, 0) is 12.4 Å². The van der Waals surface area contributed by atoms with Gasteiger partial charge in [0.2, 0.25) is 0 Å². The monoisotopic (exact) mass is 303 g/mol. The van der Waals surface area contributed by atoms with Gasteiger partial charge >= 0.3 is 12.4 Å². The minimum atomic E-state index is -5.11. The molecule has 2 atom stereocenters. The van der Waals surface area contributed by atoms with Crippen LogP contribution < -0.4 is 5.73 Å². The molecule has 0 saturated heterocycles. The Bertz CT molecular complexity index is 439. The van der Waals surface area contributed by atoms with Gasteiger partial charge in [-0.2, -0.15) is 26.3 Å². The Labute approximate surface area is 109 Å². The molecular weight excluding hydrogens is 292 g/mol. The lowest BCUT2D eigenvalue weighted by Gasteiger charge is -2.24. The molecule has 1 rings (SSSR count). The van der Waals surface area contributed by atoms with Gasteiger partial charge in [0.25, 0.3) is 0 Å². The number of alkyl halides is 6. The molecule has 0 amide bonds. The molecule has 1 aromatic rings. The molecule has 114 valence electrons. The third-order valence-corrected chi connectivity index (χ3v) is 2.62. The fraction of sp³-hybridized carbons (Fsp3) is 0.455. The maximum Gasteiger partial charge on any atom is 0.416 e. The van der Waals surface area contributed by atoms with E-state index in [4.69, 9.17) is 5.73 Å². The summed E-state index contributed by atoms with van der Waals surface area (Å²) in [6.45, 7) is -0.690. The van der Waals surface area contributed by atoms with Crippen molar-refractivity contribution in [2.24, 2.45) is 5.73 Å². The lowest BCUT2D eigenvalue weighted by Crippen LogP contribution is -2.30. The van der Waals surface area contributed by atoms with Crippen LogP contribution >= 0.6 is 0 Å². The van der Waals surface area contributed by atoms with Crippen molar-refractivity contribution in [1.29, 1.82) is 0 Å². The maximum absolute atomic E-state index is 12.8. The summed E-state index contributed by atoms with van der Waals surface area (Å²) in [7, 11) is 0. The Hall–Kier alpha value is -1.32. The number of benzene rings is 1. The molecule has 0 spiro atoms. The van der Waals surface area contributed by atoms with Crippen LogP contribution in [0.25, 0.3) is 0 Å². The van der Waals surface area contributed by atoms with Crippen LogP contribution in [0.1, 0.15) is 22.8 Å². The van der Waals surface area contributed by atoms with Crippen molar-refractivity contribution in [3.05, 3.63) is 34.9 Å². The molecule has 0 saturated carbocycles. The molecule has 9 heteroatoms. The van der Waals surface area contributed by atoms with Gasteiger partial charge in [-0.15, -0.1) is 0 Å². The molecular formula is C11H11F6NO2. The molecule has 0 fully saturated rings. The first kappa shape index (κ1) is 16.7. The quantitative estimate of drug-likeness (QED) is 0.749. The standard InChI is InChI=1S/C11H11F6NO2/c12-10(13,14)5-2-1-3-6(11(15,16)17)8(5)9(20)7(19)4-18/h1-3,7,9,19-20H,4,18H2. The Morgan fingerprint density at radius 1 is 0.950 bits per heavy atom. The van der Waals surface area contributed by atoms with Crippen molar-refractivity contribution in [2.75, 3.05) is 6.54 Å². The fourth-order valence-corrected chi connectivity index (χ4v) is 1.70. The Kier molecular flexibility index (Phi) is 4.67. The predicted octanol–water partition coefficient (Wildman–Crippen LogP) is 2.08. The highest BCUT2D eigenvalue weighted by molar-refractivity contribution is 5.41. The molecule has 1 aromatic carbocycles. The third kappa shape index (κ3) is 3.41. The second kappa shape index (κ2) is 5.58. The molecule has 3 nitrogen and oxygen atoms in total. The summed E-state index contributed by atoms with van der Waals surface area (Å²) in [5.41, 5.74) is 0.211. The van der Waals surface area contributed by atoms with Crippen LogP contribution in [0.5, 0.6) is 0 Å². The van der Waals surface area contributed by atoms with Gasteiger partial charge in [-0.05, 0) is 12.1 Å². The van der Waals surface area contributed by atoms with E-state index in [9.17, 15) is 36.6 Å². The third-order valence-electron chi connectivity index (χ3n) is 2.62. The molecule has 0 aromatic heterocycles. The number of aliphatic hydroxyl groups is 2. The highest BCUT2D eigenvalue weighted by Crippen LogP contribution is 2.42. The zero-order valence-corrected chi connectivity index (χ0v) is 9.83. The molecule has 0 bridgehead atoms. The van der Waals surface area contributed by atoms with E-state index < -0.39 is 47.8 Å². The average Bonchev–Trinajstić information content (AvgIpc) is 2.33. The molecule has 20 heavy (non-hydrogen) atoms. The summed E-state index contributed by atoms with van der Waals surface area (Å²) in [4.78, 5) is 0. The summed E-state index contributed by atoms with van der Waals surface area (Å²) in [5, 5.41) is 18.8. The van der Waals surface area contributed by atoms with Crippen LogP contribution in [0.2, 0.25) is 0 Å². The molecule has 4 N–H and O–H groups in total. The zero-order valence-electron chi connectivity index (χ0n) is 9.83. The van der Waals surface area contributed by atoms with Crippen molar-refractivity contribution in [1.82, 2.24) is 0 Å². The van der Waals surface area contributed by atoms with E-state index in [0.717, 1.165) is 0 Å². The van der Waals surface area contributed by atoms with Crippen LogP contribution in [0.4, 0.5) is 26.3 Å². The summed E-state index contributed by atoms with van der Waals surface area (Å²) in [6, 6.07) is 1.38. The summed E-state index contributed by atoms with van der Waals surface area (Å²) in [5.74, 6) is 0. The van der Waals surface area contributed by atoms with E-state index in [0.29, 0.717) is 18.2 Å². The highest BCUT2D eigenvalue weighted by Gasteiger charge is 2.43. The molecule has 0 heterocycles. The van der Waals surface area contributed by atoms with Gasteiger partial charge in [0.1, 0.15) is 6.10 Å². The maximum atomic E-state index is 12.8. The number of hydrogen-bond acceptors (Lipinski definition) is 3. The number of aliphatic hydroxyl groups excluding tert-OH is 2. The first-order chi connectivity index (χ1) is 9.00. The van der Waals surface area contributed by atoms with Gasteiger partial charge in [0, 0.05) is 12.1 Å². The fourth-order valence-electron chi connectivity index (χ4n) is 1.70. The zero-order chi connectivity index (χ0) is 15.7. The van der Waals surface area contributed by atoms with Crippen molar-refractivity contribution in [2.45, 2.75) is 24.6 Å². The number of hydrogen-bond donors (Lipinski definition) is 3. The number of nitrogens with two attached hydrogens (primary N) is 1. The van der Waals surface area contributed by atoms with E-state index in [2.05, 4.69) is 0 Å². The van der Waals surface area contributed by atoms with Gasteiger partial charge in [0.05, 0.1) is 17.2 Å². The second-order valence-corrected chi connectivity index (χ2v) is 4.01. The molecule has 0 radical (unpaired) electrons. The van der Waals surface area contributed by atoms with Gasteiger partial charge in [-0.25, -0.2) is 0 Å². The van der Waals surface area contributed by atoms with Crippen LogP contribution in [-0.4, -0.2) is 22.9 Å². The molecule has 0 aliphatic heterocycles. The lowest BCUT2D eigenvalue weighted by atomic mass is 9.92. The Morgan fingerprint density at radius 3 is 1.65 bits per heavy atom. The van der Waals surface area contributed by atoms with Crippen molar-refractivity contribution in [3.63, 3.8) is 0 Å². The van der Waals surface area contributed by atoms with Crippen LogP contribution in [0.15, 0.2) is 18.2 Å². The van der Waals surface area contributed by atoms with E-state index in [1.807, 2.05) is 0 Å². The summed E-state index contributed by atoms with van der Waals surface area (Å²) < 4.78 is 76.5. The van der Waals surface area contributed by atoms with Crippen LogP contribution in [0, 0.1) is 0 Å². The lowest BCUT2D eigenvalue weighted by molar-refractivity contribution is -0.147. The predicted molar refractivity (Wildman–Crippen MR) is 56.5 cm³/mol. The van der Waals surface area contributed by atoms with E-state index in [1.54, 1.807) is 0 Å². The number of rotatable bonds is 3. The van der Waals surface area contributed by atoms with Gasteiger partial charge in [0.15, 0.2) is 0 Å². The van der Waals surface area contributed by atoms with E-state index >= 15 is 0 Å². The summed E-state index contributed by atoms with van der Waals surface area (Å²) in [6.07, 6.45) is -14.5. The first-order valence-corrected chi connectivity index (χ1v) is 5.33. The van der Waals surface area contributed by atoms with Crippen molar-refractivity contribution >= 4 is 0 Å². The Morgan fingerprint density at radius 2 is 1.35 bits per heavy atom. The minimum absolute atomic E-state index is 0.400. The Balaban J connectivity index is 3.57. The van der Waals surface area contributed by atoms with Gasteiger partial charge in [-0.1, -0.05) is 6.07 Å². The van der Waals surface area contributed by atoms with Crippen molar-refractivity contribution < 1.29 is 36.6 Å². The van der Waals surface area contributed by atoms with Crippen molar-refractivity contribution in [3.8, 4) is 0 Å². The molecule has 2 unspecified atom stereocenters. The largest absolute Gasteiger partial charge is 0.416 e. The first-order valence-electron chi connectivity index (χ1n) is 5.33. The molecule has 0 aliphatic rings. The highest BCUT2D eigenvalue weighted by atomic mass is 19.4. The normalized spacial score (nSPS) is 16.1. The van der Waals surface area contributed by atoms with Gasteiger partial charge < -0.3 is 15.9 Å². The summed E-state index contributed by atoms with van der Waals surface area (Å²) >= 11 is 0. The average molecular weight is 303 g/mol. The topological polar surface area (TPSA) is 66.5 Å². The van der Waals surface area contributed by atoms with E-state index in [1.165, 1.54) is 0 Å². The van der Waals surface area contributed by atoms with Gasteiger partial charge in [-0.3, -0.25) is 0 Å².